The Balaban J connectivity index is 1.59. The normalized spacial score (nSPS) is 17.6. The summed E-state index contributed by atoms with van der Waals surface area (Å²) in [4.78, 5) is 4.49. The number of aryl methyl sites for hydroxylation is 2. The lowest BCUT2D eigenvalue weighted by atomic mass is 9.96. The molecule has 0 bridgehead atoms. The molecule has 1 aliphatic rings. The minimum absolute atomic E-state index is 0.571. The van der Waals surface area contributed by atoms with Gasteiger partial charge >= 0.3 is 0 Å². The standard InChI is InChI=1S/C17H22N2O/c1-12(2)11-16-18-17(20-19-16)10-9-14-8-7-13-5-3-4-6-15(13)14/h3-6,12,14H,7-11H2,1-2H3. The average molecular weight is 270 g/mol. The van der Waals surface area contributed by atoms with E-state index >= 15 is 0 Å². The molecule has 1 aromatic carbocycles. The number of benzene rings is 1. The first-order chi connectivity index (χ1) is 9.72. The highest BCUT2D eigenvalue weighted by molar-refractivity contribution is 5.34. The maximum absolute atomic E-state index is 5.35. The van der Waals surface area contributed by atoms with Gasteiger partial charge < -0.3 is 4.52 Å². The third-order valence-electron chi connectivity index (χ3n) is 4.06. The van der Waals surface area contributed by atoms with E-state index in [0.717, 1.165) is 31.0 Å². The first kappa shape index (κ1) is 13.3. The van der Waals surface area contributed by atoms with Crippen molar-refractivity contribution in [3.63, 3.8) is 0 Å². The summed E-state index contributed by atoms with van der Waals surface area (Å²) < 4.78 is 5.35. The molecule has 0 saturated heterocycles. The molecule has 1 atom stereocenters. The van der Waals surface area contributed by atoms with E-state index in [-0.39, 0.29) is 0 Å². The number of hydrogen-bond acceptors (Lipinski definition) is 3. The predicted octanol–water partition coefficient (Wildman–Crippen LogP) is 3.93. The quantitative estimate of drug-likeness (QED) is 0.826. The van der Waals surface area contributed by atoms with E-state index in [0.29, 0.717) is 11.8 Å². The van der Waals surface area contributed by atoms with Crippen LogP contribution >= 0.6 is 0 Å². The first-order valence-electron chi connectivity index (χ1n) is 7.61. The van der Waals surface area contributed by atoms with Gasteiger partial charge in [0.05, 0.1) is 0 Å². The van der Waals surface area contributed by atoms with Crippen LogP contribution < -0.4 is 0 Å². The second-order valence-corrected chi connectivity index (χ2v) is 6.18. The Morgan fingerprint density at radius 1 is 1.30 bits per heavy atom. The fourth-order valence-electron chi connectivity index (χ4n) is 3.08. The highest BCUT2D eigenvalue weighted by atomic mass is 16.5. The van der Waals surface area contributed by atoms with Crippen LogP contribution in [0.3, 0.4) is 0 Å². The van der Waals surface area contributed by atoms with Crippen molar-refractivity contribution in [1.29, 1.82) is 0 Å². The molecule has 2 aromatic rings. The number of rotatable bonds is 5. The molecule has 0 N–H and O–H groups in total. The average Bonchev–Trinajstić information content (AvgIpc) is 3.02. The maximum atomic E-state index is 5.35. The molecular weight excluding hydrogens is 248 g/mol. The van der Waals surface area contributed by atoms with E-state index in [1.165, 1.54) is 24.0 Å². The molecule has 3 rings (SSSR count). The highest BCUT2D eigenvalue weighted by Crippen LogP contribution is 2.35. The zero-order valence-electron chi connectivity index (χ0n) is 12.3. The smallest absolute Gasteiger partial charge is 0.226 e. The maximum Gasteiger partial charge on any atom is 0.226 e. The van der Waals surface area contributed by atoms with Gasteiger partial charge in [0, 0.05) is 12.8 Å². The summed E-state index contributed by atoms with van der Waals surface area (Å²) in [6, 6.07) is 8.80. The van der Waals surface area contributed by atoms with Gasteiger partial charge in [-0.2, -0.15) is 4.98 Å². The van der Waals surface area contributed by atoms with Crippen molar-refractivity contribution in [3.05, 3.63) is 47.1 Å². The van der Waals surface area contributed by atoms with Crippen molar-refractivity contribution < 1.29 is 4.52 Å². The molecular formula is C17H22N2O. The van der Waals surface area contributed by atoms with Crippen LogP contribution in [0, 0.1) is 5.92 Å². The van der Waals surface area contributed by atoms with Crippen molar-refractivity contribution in [2.75, 3.05) is 0 Å². The second kappa shape index (κ2) is 5.78. The minimum Gasteiger partial charge on any atom is -0.339 e. The molecule has 0 amide bonds. The highest BCUT2D eigenvalue weighted by Gasteiger charge is 2.22. The van der Waals surface area contributed by atoms with Crippen molar-refractivity contribution >= 4 is 0 Å². The van der Waals surface area contributed by atoms with E-state index in [2.05, 4.69) is 48.3 Å². The van der Waals surface area contributed by atoms with Crippen LogP contribution in [0.25, 0.3) is 0 Å². The number of nitrogens with zero attached hydrogens (tertiary/aromatic N) is 2. The lowest BCUT2D eigenvalue weighted by Crippen LogP contribution is -1.98. The van der Waals surface area contributed by atoms with Crippen LogP contribution in [-0.4, -0.2) is 10.1 Å². The topological polar surface area (TPSA) is 38.9 Å². The molecule has 0 radical (unpaired) electrons. The van der Waals surface area contributed by atoms with Gasteiger partial charge in [-0.25, -0.2) is 0 Å². The van der Waals surface area contributed by atoms with Crippen LogP contribution in [0.4, 0.5) is 0 Å². The molecule has 20 heavy (non-hydrogen) atoms. The number of fused-ring (bicyclic) bond motifs is 1. The molecule has 0 aliphatic heterocycles. The summed E-state index contributed by atoms with van der Waals surface area (Å²) in [5, 5.41) is 4.06. The monoisotopic (exact) mass is 270 g/mol. The van der Waals surface area contributed by atoms with Crippen LogP contribution in [0.1, 0.15) is 55.4 Å². The molecule has 3 heteroatoms. The third-order valence-corrected chi connectivity index (χ3v) is 4.06. The van der Waals surface area contributed by atoms with Crippen LogP contribution in [0.15, 0.2) is 28.8 Å². The zero-order chi connectivity index (χ0) is 13.9. The minimum atomic E-state index is 0.571. The summed E-state index contributed by atoms with van der Waals surface area (Å²) in [5.41, 5.74) is 3.04. The third kappa shape index (κ3) is 2.92. The summed E-state index contributed by atoms with van der Waals surface area (Å²) in [6.07, 6.45) is 5.37. The van der Waals surface area contributed by atoms with E-state index in [9.17, 15) is 0 Å². The fourth-order valence-corrected chi connectivity index (χ4v) is 3.08. The molecule has 1 heterocycles. The molecule has 1 unspecified atom stereocenters. The van der Waals surface area contributed by atoms with Crippen LogP contribution in [0.2, 0.25) is 0 Å². The molecule has 1 aromatic heterocycles. The Morgan fingerprint density at radius 2 is 2.15 bits per heavy atom. The molecule has 106 valence electrons. The van der Waals surface area contributed by atoms with Gasteiger partial charge in [-0.15, -0.1) is 0 Å². The van der Waals surface area contributed by atoms with E-state index < -0.39 is 0 Å². The summed E-state index contributed by atoms with van der Waals surface area (Å²) in [7, 11) is 0. The molecule has 1 aliphatic carbocycles. The Hall–Kier alpha value is -1.64. The molecule has 0 saturated carbocycles. The predicted molar refractivity (Wildman–Crippen MR) is 78.7 cm³/mol. The number of aromatic nitrogens is 2. The van der Waals surface area contributed by atoms with Gasteiger partial charge in [-0.05, 0) is 42.2 Å². The fraction of sp³-hybridized carbons (Fsp3) is 0.529. The van der Waals surface area contributed by atoms with Gasteiger partial charge in [0.15, 0.2) is 5.82 Å². The van der Waals surface area contributed by atoms with E-state index in [4.69, 9.17) is 4.52 Å². The molecule has 3 nitrogen and oxygen atoms in total. The van der Waals surface area contributed by atoms with Crippen LogP contribution in [0.5, 0.6) is 0 Å². The van der Waals surface area contributed by atoms with Crippen molar-refractivity contribution in [2.45, 2.75) is 51.9 Å². The van der Waals surface area contributed by atoms with Gasteiger partial charge in [0.25, 0.3) is 0 Å². The second-order valence-electron chi connectivity index (χ2n) is 6.18. The molecule has 0 fully saturated rings. The van der Waals surface area contributed by atoms with Gasteiger partial charge in [0.1, 0.15) is 0 Å². The van der Waals surface area contributed by atoms with E-state index in [1.807, 2.05) is 0 Å². The summed E-state index contributed by atoms with van der Waals surface area (Å²) in [5.74, 6) is 2.88. The Bertz CT molecular complexity index is 574. The lowest BCUT2D eigenvalue weighted by molar-refractivity contribution is 0.364. The lowest BCUT2D eigenvalue weighted by Gasteiger charge is -2.09. The van der Waals surface area contributed by atoms with Gasteiger partial charge in [0.2, 0.25) is 5.89 Å². The van der Waals surface area contributed by atoms with E-state index in [1.54, 1.807) is 0 Å². The molecule has 0 spiro atoms. The summed E-state index contributed by atoms with van der Waals surface area (Å²) >= 11 is 0. The first-order valence-corrected chi connectivity index (χ1v) is 7.61. The Labute approximate surface area is 120 Å². The van der Waals surface area contributed by atoms with Gasteiger partial charge in [-0.3, -0.25) is 0 Å². The van der Waals surface area contributed by atoms with Crippen molar-refractivity contribution in [2.24, 2.45) is 5.92 Å². The van der Waals surface area contributed by atoms with Gasteiger partial charge in [-0.1, -0.05) is 43.3 Å². The Morgan fingerprint density at radius 3 is 3.00 bits per heavy atom. The zero-order valence-corrected chi connectivity index (χ0v) is 12.3. The van der Waals surface area contributed by atoms with Crippen LogP contribution in [-0.2, 0) is 19.3 Å². The summed E-state index contributed by atoms with van der Waals surface area (Å²) in [6.45, 7) is 4.34. The van der Waals surface area contributed by atoms with Crippen molar-refractivity contribution in [3.8, 4) is 0 Å². The number of hydrogen-bond donors (Lipinski definition) is 0. The largest absolute Gasteiger partial charge is 0.339 e. The SMILES string of the molecule is CC(C)Cc1noc(CCC2CCc3ccccc32)n1. The Kier molecular flexibility index (Phi) is 3.86. The van der Waals surface area contributed by atoms with Crippen molar-refractivity contribution in [1.82, 2.24) is 10.1 Å².